The highest BCUT2D eigenvalue weighted by molar-refractivity contribution is 7.78. The molecule has 2 aliphatic rings. The van der Waals surface area contributed by atoms with Crippen molar-refractivity contribution < 1.29 is 20.1 Å². The SMILES string of the molecule is OC[C@H]1OC(n2cnc3c2N=CN(S)C3)[C@H](O)[C@@H]1O. The molecular weight excluding hydrogens is 272 g/mol. The average molecular weight is 286 g/mol. The Morgan fingerprint density at radius 1 is 1.42 bits per heavy atom. The van der Waals surface area contributed by atoms with Gasteiger partial charge in [-0.15, -0.1) is 0 Å². The van der Waals surface area contributed by atoms with Crippen molar-refractivity contribution in [2.75, 3.05) is 6.61 Å². The monoisotopic (exact) mass is 286 g/mol. The number of hydrogen-bond donors (Lipinski definition) is 4. The van der Waals surface area contributed by atoms with E-state index in [1.807, 2.05) is 0 Å². The molecule has 0 radical (unpaired) electrons. The van der Waals surface area contributed by atoms with Gasteiger partial charge in [0.25, 0.3) is 0 Å². The van der Waals surface area contributed by atoms with Crippen LogP contribution in [0.1, 0.15) is 11.9 Å². The Balaban J connectivity index is 1.91. The van der Waals surface area contributed by atoms with Gasteiger partial charge in [-0.05, 0) is 0 Å². The maximum Gasteiger partial charge on any atom is 0.165 e. The molecule has 1 saturated heterocycles. The van der Waals surface area contributed by atoms with Crippen LogP contribution in [0.4, 0.5) is 5.82 Å². The molecule has 8 nitrogen and oxygen atoms in total. The van der Waals surface area contributed by atoms with Gasteiger partial charge in [-0.2, -0.15) is 0 Å². The Hall–Kier alpha value is -1.13. The van der Waals surface area contributed by atoms with Gasteiger partial charge in [-0.1, -0.05) is 12.8 Å². The molecule has 0 aromatic carbocycles. The van der Waals surface area contributed by atoms with Crippen molar-refractivity contribution in [3.05, 3.63) is 12.0 Å². The molecule has 3 rings (SSSR count). The van der Waals surface area contributed by atoms with Gasteiger partial charge in [0.1, 0.15) is 30.3 Å². The van der Waals surface area contributed by atoms with Crippen LogP contribution in [0.15, 0.2) is 11.3 Å². The molecule has 0 aliphatic carbocycles. The van der Waals surface area contributed by atoms with Gasteiger partial charge in [0.15, 0.2) is 12.0 Å². The smallest absolute Gasteiger partial charge is 0.165 e. The maximum atomic E-state index is 9.97. The molecule has 104 valence electrons. The minimum Gasteiger partial charge on any atom is -0.394 e. The maximum absolute atomic E-state index is 9.97. The summed E-state index contributed by atoms with van der Waals surface area (Å²) in [7, 11) is 0. The summed E-state index contributed by atoms with van der Waals surface area (Å²) >= 11 is 4.15. The van der Waals surface area contributed by atoms with E-state index in [1.54, 1.807) is 8.87 Å². The highest BCUT2D eigenvalue weighted by atomic mass is 32.1. The summed E-state index contributed by atoms with van der Waals surface area (Å²) in [5.41, 5.74) is 0.704. The number of aliphatic hydroxyl groups excluding tert-OH is 3. The van der Waals surface area contributed by atoms with E-state index in [0.717, 1.165) is 0 Å². The second kappa shape index (κ2) is 4.76. The highest BCUT2D eigenvalue weighted by Gasteiger charge is 2.44. The van der Waals surface area contributed by atoms with Crippen molar-refractivity contribution in [3.63, 3.8) is 0 Å². The number of rotatable bonds is 2. The summed E-state index contributed by atoms with van der Waals surface area (Å²) in [5.74, 6) is 0.556. The highest BCUT2D eigenvalue weighted by Crippen LogP contribution is 2.34. The Kier molecular flexibility index (Phi) is 3.23. The molecule has 0 amide bonds. The van der Waals surface area contributed by atoms with Crippen molar-refractivity contribution >= 4 is 25.0 Å². The van der Waals surface area contributed by atoms with Gasteiger partial charge in [-0.25, -0.2) is 9.98 Å². The zero-order chi connectivity index (χ0) is 13.6. The van der Waals surface area contributed by atoms with Crippen LogP contribution in [0.3, 0.4) is 0 Å². The van der Waals surface area contributed by atoms with Crippen molar-refractivity contribution in [2.24, 2.45) is 4.99 Å². The number of nitrogens with zero attached hydrogens (tertiary/aromatic N) is 4. The van der Waals surface area contributed by atoms with Gasteiger partial charge in [0.2, 0.25) is 0 Å². The van der Waals surface area contributed by atoms with Crippen LogP contribution in [0.25, 0.3) is 0 Å². The number of imidazole rings is 1. The first kappa shape index (κ1) is 12.9. The molecule has 3 heterocycles. The van der Waals surface area contributed by atoms with Crippen LogP contribution >= 0.6 is 12.8 Å². The summed E-state index contributed by atoms with van der Waals surface area (Å²) in [6.07, 6.45) is -0.874. The second-order valence-electron chi connectivity index (χ2n) is 4.49. The van der Waals surface area contributed by atoms with Crippen molar-refractivity contribution in [2.45, 2.75) is 31.1 Å². The Bertz CT molecular complexity index is 508. The van der Waals surface area contributed by atoms with Crippen molar-refractivity contribution in [1.82, 2.24) is 13.9 Å². The number of aliphatic hydroxyl groups is 3. The van der Waals surface area contributed by atoms with E-state index in [-0.39, 0.29) is 6.61 Å². The molecule has 1 aromatic rings. The fourth-order valence-corrected chi connectivity index (χ4v) is 2.44. The molecule has 2 aliphatic heterocycles. The van der Waals surface area contributed by atoms with Gasteiger partial charge in [-0.3, -0.25) is 4.57 Å². The molecule has 9 heteroatoms. The van der Waals surface area contributed by atoms with E-state index in [0.29, 0.717) is 18.1 Å². The molecule has 19 heavy (non-hydrogen) atoms. The van der Waals surface area contributed by atoms with E-state index in [2.05, 4.69) is 22.8 Å². The standard InChI is InChI=1S/C10H14N4O4S/c15-2-6-7(16)8(17)10(18-6)14-4-11-5-1-13(19)3-12-9(5)14/h3-4,6-8,10,15-17,19H,1-2H2/t6-,7-,8-,10?/m1/s1. The van der Waals surface area contributed by atoms with E-state index in [4.69, 9.17) is 9.84 Å². The largest absolute Gasteiger partial charge is 0.394 e. The topological polar surface area (TPSA) is 103 Å². The Morgan fingerprint density at radius 3 is 2.89 bits per heavy atom. The number of aromatic nitrogens is 2. The summed E-state index contributed by atoms with van der Waals surface area (Å²) in [6, 6.07) is 0. The first-order valence-electron chi connectivity index (χ1n) is 5.79. The molecule has 0 saturated carbocycles. The summed E-state index contributed by atoms with van der Waals surface area (Å²) in [5, 5.41) is 28.8. The average Bonchev–Trinajstić information content (AvgIpc) is 2.92. The molecule has 4 atom stereocenters. The minimum atomic E-state index is -1.14. The fourth-order valence-electron chi connectivity index (χ4n) is 2.26. The first-order valence-corrected chi connectivity index (χ1v) is 6.19. The third kappa shape index (κ3) is 2.03. The fraction of sp³-hybridized carbons (Fsp3) is 0.600. The molecule has 3 N–H and O–H groups in total. The van der Waals surface area contributed by atoms with E-state index < -0.39 is 24.5 Å². The lowest BCUT2D eigenvalue weighted by molar-refractivity contribution is -0.0520. The normalized spacial score (nSPS) is 33.8. The van der Waals surface area contributed by atoms with Gasteiger partial charge in [0.05, 0.1) is 19.5 Å². The third-order valence-corrected chi connectivity index (χ3v) is 3.50. The molecular formula is C10H14N4O4S. The van der Waals surface area contributed by atoms with Gasteiger partial charge in [0, 0.05) is 0 Å². The summed E-state index contributed by atoms with van der Waals surface area (Å²) in [4.78, 5) is 8.36. The van der Waals surface area contributed by atoms with Crippen molar-refractivity contribution in [3.8, 4) is 0 Å². The van der Waals surface area contributed by atoms with Crippen LogP contribution in [0, 0.1) is 0 Å². The summed E-state index contributed by atoms with van der Waals surface area (Å²) < 4.78 is 8.57. The Labute approximate surface area is 114 Å². The number of fused-ring (bicyclic) bond motifs is 1. The first-order chi connectivity index (χ1) is 9.11. The minimum absolute atomic E-state index is 0.362. The number of hydrogen-bond acceptors (Lipinski definition) is 8. The van der Waals surface area contributed by atoms with Crippen molar-refractivity contribution in [1.29, 1.82) is 0 Å². The van der Waals surface area contributed by atoms with E-state index in [1.165, 1.54) is 12.7 Å². The van der Waals surface area contributed by atoms with Gasteiger partial charge >= 0.3 is 0 Å². The zero-order valence-electron chi connectivity index (χ0n) is 9.86. The van der Waals surface area contributed by atoms with Crippen LogP contribution in [0.5, 0.6) is 0 Å². The zero-order valence-corrected chi connectivity index (χ0v) is 10.8. The molecule has 1 fully saturated rings. The molecule has 0 bridgehead atoms. The lowest BCUT2D eigenvalue weighted by Gasteiger charge is -2.20. The lowest BCUT2D eigenvalue weighted by atomic mass is 10.1. The predicted molar refractivity (Wildman–Crippen MR) is 67.9 cm³/mol. The third-order valence-electron chi connectivity index (χ3n) is 3.26. The predicted octanol–water partition coefficient (Wildman–Crippen LogP) is -1.19. The molecule has 1 aromatic heterocycles. The summed E-state index contributed by atoms with van der Waals surface area (Å²) in [6.45, 7) is 0.128. The number of ether oxygens (including phenoxy) is 1. The van der Waals surface area contributed by atoms with Crippen LogP contribution < -0.4 is 0 Å². The number of aliphatic imine (C=N–C) groups is 1. The molecule has 1 unspecified atom stereocenters. The molecule has 0 spiro atoms. The second-order valence-corrected chi connectivity index (χ2v) is 5.01. The van der Waals surface area contributed by atoms with E-state index >= 15 is 0 Å². The van der Waals surface area contributed by atoms with Crippen LogP contribution in [-0.2, 0) is 11.3 Å². The van der Waals surface area contributed by atoms with Gasteiger partial charge < -0.3 is 24.4 Å². The van der Waals surface area contributed by atoms with Crippen LogP contribution in [-0.4, -0.2) is 60.4 Å². The lowest BCUT2D eigenvalue weighted by Crippen LogP contribution is -2.33. The van der Waals surface area contributed by atoms with E-state index in [9.17, 15) is 10.2 Å². The number of thiol groups is 1. The Morgan fingerprint density at radius 2 is 2.21 bits per heavy atom. The van der Waals surface area contributed by atoms with Crippen LogP contribution in [0.2, 0.25) is 0 Å². The quantitative estimate of drug-likeness (QED) is 0.510.